The van der Waals surface area contributed by atoms with Crippen LogP contribution in [0.4, 0.5) is 0 Å². The van der Waals surface area contributed by atoms with Gasteiger partial charge in [-0.25, -0.2) is 0 Å². The van der Waals surface area contributed by atoms with Gasteiger partial charge in [0.1, 0.15) is 18.8 Å². The van der Waals surface area contributed by atoms with Crippen molar-refractivity contribution < 1.29 is 19.1 Å². The highest BCUT2D eigenvalue weighted by molar-refractivity contribution is 5.82. The number of rotatable bonds is 7. The van der Waals surface area contributed by atoms with Gasteiger partial charge in [-0.2, -0.15) is 0 Å². The molecule has 0 bridgehead atoms. The first kappa shape index (κ1) is 19.2. The lowest BCUT2D eigenvalue weighted by atomic mass is 9.79. The fourth-order valence-electron chi connectivity index (χ4n) is 3.61. The molecule has 0 aromatic carbocycles. The zero-order valence-electron chi connectivity index (χ0n) is 15.2. The predicted molar refractivity (Wildman–Crippen MR) is 91.2 cm³/mol. The Bertz CT molecular complexity index is 460. The molecule has 0 saturated carbocycles. The molecular formula is C18H31N2O4. The summed E-state index contributed by atoms with van der Waals surface area (Å²) in [6, 6.07) is 0.334. The second-order valence-corrected chi connectivity index (χ2v) is 7.79. The minimum absolute atomic E-state index is 0.0965. The summed E-state index contributed by atoms with van der Waals surface area (Å²) in [5.41, 5.74) is -1.17. The maximum atomic E-state index is 12.8. The Hall–Kier alpha value is -1.14. The molecule has 2 saturated heterocycles. The summed E-state index contributed by atoms with van der Waals surface area (Å²) >= 11 is 0. The summed E-state index contributed by atoms with van der Waals surface area (Å²) in [4.78, 5) is 24.5. The summed E-state index contributed by atoms with van der Waals surface area (Å²) < 4.78 is 10.6. The minimum Gasteiger partial charge on any atom is -0.462 e. The van der Waals surface area contributed by atoms with Crippen molar-refractivity contribution in [3.63, 3.8) is 0 Å². The van der Waals surface area contributed by atoms with Crippen molar-refractivity contribution in [3.05, 3.63) is 6.92 Å². The van der Waals surface area contributed by atoms with E-state index in [9.17, 15) is 9.59 Å². The lowest BCUT2D eigenvalue weighted by molar-refractivity contribution is -0.162. The molecule has 137 valence electrons. The molecule has 0 aromatic rings. The van der Waals surface area contributed by atoms with E-state index in [4.69, 9.17) is 9.47 Å². The van der Waals surface area contributed by atoms with E-state index in [1.807, 2.05) is 0 Å². The Kier molecular flexibility index (Phi) is 6.26. The normalized spacial score (nSPS) is 29.3. The molecule has 2 fully saturated rings. The molecule has 0 aromatic heterocycles. The molecule has 0 aliphatic carbocycles. The van der Waals surface area contributed by atoms with Gasteiger partial charge < -0.3 is 20.1 Å². The summed E-state index contributed by atoms with van der Waals surface area (Å²) in [6.07, 6.45) is 3.39. The van der Waals surface area contributed by atoms with Crippen LogP contribution in [0.3, 0.4) is 0 Å². The number of ether oxygens (including phenoxy) is 2. The molecule has 0 amide bonds. The first-order valence-electron chi connectivity index (χ1n) is 8.93. The monoisotopic (exact) mass is 339 g/mol. The number of fused-ring (bicyclic) bond motifs is 1. The molecule has 6 nitrogen and oxygen atoms in total. The van der Waals surface area contributed by atoms with E-state index < -0.39 is 11.0 Å². The highest BCUT2D eigenvalue weighted by Crippen LogP contribution is 2.37. The zero-order chi connectivity index (χ0) is 17.8. The van der Waals surface area contributed by atoms with E-state index in [0.29, 0.717) is 6.04 Å². The second-order valence-electron chi connectivity index (χ2n) is 7.79. The molecule has 2 heterocycles. The number of carbonyl (C=O) groups is 2. The van der Waals surface area contributed by atoms with Crippen molar-refractivity contribution >= 4 is 11.9 Å². The quantitative estimate of drug-likeness (QED) is 0.540. The Morgan fingerprint density at radius 1 is 1.25 bits per heavy atom. The highest BCUT2D eigenvalue weighted by Gasteiger charge is 2.55. The average Bonchev–Trinajstić information content (AvgIpc) is 3.11. The molecular weight excluding hydrogens is 308 g/mol. The van der Waals surface area contributed by atoms with Gasteiger partial charge in [-0.15, -0.1) is 0 Å². The van der Waals surface area contributed by atoms with Gasteiger partial charge in [-0.3, -0.25) is 9.59 Å². The Balaban J connectivity index is 1.89. The first-order valence-corrected chi connectivity index (χ1v) is 8.93. The van der Waals surface area contributed by atoms with Gasteiger partial charge in [0.25, 0.3) is 0 Å². The molecule has 2 aliphatic rings. The van der Waals surface area contributed by atoms with Gasteiger partial charge in [0.05, 0.1) is 5.41 Å². The Morgan fingerprint density at radius 3 is 2.62 bits per heavy atom. The molecule has 24 heavy (non-hydrogen) atoms. The van der Waals surface area contributed by atoms with Crippen LogP contribution in [0.15, 0.2) is 0 Å². The van der Waals surface area contributed by atoms with E-state index in [0.717, 1.165) is 38.8 Å². The molecule has 6 heteroatoms. The molecule has 0 spiro atoms. The number of carbonyl (C=O) groups excluding carboxylic acids is 2. The van der Waals surface area contributed by atoms with Crippen molar-refractivity contribution in [3.8, 4) is 0 Å². The largest absolute Gasteiger partial charge is 0.462 e. The molecule has 2 rings (SSSR count). The third-order valence-corrected chi connectivity index (χ3v) is 4.97. The van der Waals surface area contributed by atoms with E-state index in [1.165, 1.54) is 0 Å². The predicted octanol–water partition coefficient (Wildman–Crippen LogP) is 1.44. The van der Waals surface area contributed by atoms with Gasteiger partial charge in [0.2, 0.25) is 0 Å². The lowest BCUT2D eigenvalue weighted by Crippen LogP contribution is -2.53. The molecule has 2 aliphatic heterocycles. The van der Waals surface area contributed by atoms with E-state index >= 15 is 0 Å². The van der Waals surface area contributed by atoms with Crippen molar-refractivity contribution in [2.75, 3.05) is 26.3 Å². The highest BCUT2D eigenvalue weighted by atomic mass is 16.6. The van der Waals surface area contributed by atoms with Crippen LogP contribution in [0.1, 0.15) is 46.5 Å². The third-order valence-electron chi connectivity index (χ3n) is 4.97. The SMILES string of the molecule is [CH2]CCC[C@@]1(C(=O)OCCOC(=O)C(C)(C)C)NC[C@@H]2NCC[C@@H]21. The average molecular weight is 339 g/mol. The van der Waals surface area contributed by atoms with Crippen molar-refractivity contribution in [2.24, 2.45) is 11.3 Å². The summed E-state index contributed by atoms with van der Waals surface area (Å²) in [6.45, 7) is 11.2. The smallest absolute Gasteiger partial charge is 0.326 e. The van der Waals surface area contributed by atoms with Crippen LogP contribution < -0.4 is 10.6 Å². The molecule has 0 unspecified atom stereocenters. The number of unbranched alkanes of at least 4 members (excludes halogenated alkanes) is 1. The topological polar surface area (TPSA) is 76.7 Å². The van der Waals surface area contributed by atoms with Crippen molar-refractivity contribution in [1.82, 2.24) is 10.6 Å². The van der Waals surface area contributed by atoms with Crippen LogP contribution in [0.25, 0.3) is 0 Å². The van der Waals surface area contributed by atoms with E-state index in [2.05, 4.69) is 17.6 Å². The van der Waals surface area contributed by atoms with E-state index in [1.54, 1.807) is 20.8 Å². The van der Waals surface area contributed by atoms with Crippen LogP contribution in [-0.4, -0.2) is 49.8 Å². The van der Waals surface area contributed by atoms with Gasteiger partial charge in [-0.1, -0.05) is 19.8 Å². The van der Waals surface area contributed by atoms with Gasteiger partial charge in [0, 0.05) is 18.5 Å². The number of esters is 2. The first-order chi connectivity index (χ1) is 11.3. The van der Waals surface area contributed by atoms with Crippen LogP contribution in [-0.2, 0) is 19.1 Å². The number of nitrogens with one attached hydrogen (secondary N) is 2. The Morgan fingerprint density at radius 2 is 1.96 bits per heavy atom. The standard InChI is InChI=1S/C18H31N2O4/c1-5-6-8-18(13-7-9-19-14(13)12-20-18)16(22)24-11-10-23-15(21)17(2,3)4/h13-14,19-20H,1,5-12H2,2-4H3/t13-,14-,18+/m0/s1. The maximum absolute atomic E-state index is 12.8. The molecule has 2 N–H and O–H groups in total. The lowest BCUT2D eigenvalue weighted by Gasteiger charge is -2.32. The second kappa shape index (κ2) is 7.83. The summed E-state index contributed by atoms with van der Waals surface area (Å²) in [5.74, 6) is -0.253. The summed E-state index contributed by atoms with van der Waals surface area (Å²) in [7, 11) is 0. The van der Waals surface area contributed by atoms with Crippen LogP contribution in [0.5, 0.6) is 0 Å². The molecule has 3 atom stereocenters. The van der Waals surface area contributed by atoms with Crippen molar-refractivity contribution in [2.45, 2.75) is 58.0 Å². The van der Waals surface area contributed by atoms with Gasteiger partial charge >= 0.3 is 11.9 Å². The Labute approximate surface area is 145 Å². The van der Waals surface area contributed by atoms with E-state index in [-0.39, 0.29) is 31.1 Å². The number of hydrogen-bond acceptors (Lipinski definition) is 6. The molecule has 1 radical (unpaired) electrons. The number of hydrogen-bond donors (Lipinski definition) is 2. The van der Waals surface area contributed by atoms with Gasteiger partial charge in [-0.05, 0) is 40.2 Å². The zero-order valence-corrected chi connectivity index (χ0v) is 15.2. The fourth-order valence-corrected chi connectivity index (χ4v) is 3.61. The van der Waals surface area contributed by atoms with Crippen LogP contribution >= 0.6 is 0 Å². The van der Waals surface area contributed by atoms with Crippen molar-refractivity contribution in [1.29, 1.82) is 0 Å². The summed E-state index contributed by atoms with van der Waals surface area (Å²) in [5, 5.41) is 6.86. The minimum atomic E-state index is -0.625. The van der Waals surface area contributed by atoms with Gasteiger partial charge in [0.15, 0.2) is 0 Å². The van der Waals surface area contributed by atoms with Crippen LogP contribution in [0, 0.1) is 18.3 Å². The fraction of sp³-hybridized carbons (Fsp3) is 0.833. The van der Waals surface area contributed by atoms with Crippen LogP contribution in [0.2, 0.25) is 0 Å². The third kappa shape index (κ3) is 4.09. The maximum Gasteiger partial charge on any atom is 0.326 e.